The molecule has 1 aromatic carbocycles. The highest BCUT2D eigenvalue weighted by Crippen LogP contribution is 2.25. The highest BCUT2D eigenvalue weighted by Gasteiger charge is 2.31. The number of carbonyl (C=O) groups excluding carboxylic acids is 2. The molecule has 5 nitrogen and oxygen atoms in total. The molecule has 0 aromatic heterocycles. The van der Waals surface area contributed by atoms with Gasteiger partial charge in [0.25, 0.3) is 0 Å². The third-order valence-corrected chi connectivity index (χ3v) is 6.80. The second-order valence-corrected chi connectivity index (χ2v) is 9.09. The summed E-state index contributed by atoms with van der Waals surface area (Å²) in [5, 5.41) is 3.07. The Kier molecular flexibility index (Phi) is 8.74. The first kappa shape index (κ1) is 22.8. The number of hydrogen-bond donors (Lipinski definition) is 1. The first-order chi connectivity index (χ1) is 14.6. The fraction of sp³-hybridized carbons (Fsp3) is 0.680. The average molecular weight is 414 g/mol. The summed E-state index contributed by atoms with van der Waals surface area (Å²) in [4.78, 5) is 29.6. The van der Waals surface area contributed by atoms with Gasteiger partial charge in [-0.2, -0.15) is 0 Å². The molecule has 30 heavy (non-hydrogen) atoms. The average Bonchev–Trinajstić information content (AvgIpc) is 2.78. The van der Waals surface area contributed by atoms with Crippen molar-refractivity contribution >= 4 is 17.5 Å². The molecule has 0 bridgehead atoms. The van der Waals surface area contributed by atoms with Crippen LogP contribution in [0.2, 0.25) is 0 Å². The topological polar surface area (TPSA) is 52.7 Å². The molecule has 2 fully saturated rings. The van der Waals surface area contributed by atoms with Crippen LogP contribution < -0.4 is 5.32 Å². The minimum absolute atomic E-state index is 0.104. The number of benzene rings is 1. The highest BCUT2D eigenvalue weighted by molar-refractivity contribution is 5.92. The molecule has 0 aliphatic carbocycles. The molecule has 3 rings (SSSR count). The number of anilines is 1. The Hall–Kier alpha value is -1.88. The van der Waals surface area contributed by atoms with Crippen molar-refractivity contribution in [3.8, 4) is 0 Å². The normalized spacial score (nSPS) is 19.1. The fourth-order valence-corrected chi connectivity index (χ4v) is 4.75. The van der Waals surface area contributed by atoms with Gasteiger partial charge >= 0.3 is 0 Å². The largest absolute Gasteiger partial charge is 0.343 e. The fourth-order valence-electron chi connectivity index (χ4n) is 4.75. The Morgan fingerprint density at radius 3 is 2.23 bits per heavy atom. The van der Waals surface area contributed by atoms with Crippen molar-refractivity contribution in [1.82, 2.24) is 9.80 Å². The predicted octanol–water partition coefficient (Wildman–Crippen LogP) is 4.61. The number of rotatable bonds is 8. The van der Waals surface area contributed by atoms with Crippen molar-refractivity contribution in [2.75, 3.05) is 31.5 Å². The first-order valence-corrected chi connectivity index (χ1v) is 12.0. The number of nitrogens with zero attached hydrogens (tertiary/aromatic N) is 2. The molecule has 2 aliphatic rings. The Labute approximate surface area is 182 Å². The van der Waals surface area contributed by atoms with Crippen LogP contribution in [-0.4, -0.2) is 53.8 Å². The monoisotopic (exact) mass is 413 g/mol. The quantitative estimate of drug-likeness (QED) is 0.633. The van der Waals surface area contributed by atoms with Crippen molar-refractivity contribution in [3.63, 3.8) is 0 Å². The van der Waals surface area contributed by atoms with E-state index in [0.29, 0.717) is 18.4 Å². The zero-order valence-electron chi connectivity index (χ0n) is 18.9. The van der Waals surface area contributed by atoms with Crippen LogP contribution in [0.4, 0.5) is 5.69 Å². The van der Waals surface area contributed by atoms with E-state index in [9.17, 15) is 9.59 Å². The molecule has 166 valence electrons. The number of aryl methyl sites for hydroxylation is 1. The van der Waals surface area contributed by atoms with Gasteiger partial charge < -0.3 is 15.1 Å². The first-order valence-electron chi connectivity index (χ1n) is 12.0. The minimum Gasteiger partial charge on any atom is -0.343 e. The van der Waals surface area contributed by atoms with Gasteiger partial charge in [0.05, 0.1) is 0 Å². The molecule has 2 heterocycles. The number of hydrogen-bond acceptors (Lipinski definition) is 3. The van der Waals surface area contributed by atoms with Gasteiger partial charge in [0, 0.05) is 37.2 Å². The van der Waals surface area contributed by atoms with E-state index >= 15 is 0 Å². The molecule has 2 amide bonds. The Morgan fingerprint density at radius 2 is 1.60 bits per heavy atom. The molecule has 0 radical (unpaired) electrons. The van der Waals surface area contributed by atoms with Crippen LogP contribution in [0.5, 0.6) is 0 Å². The second kappa shape index (κ2) is 11.5. The molecule has 0 spiro atoms. The SMILES string of the molecule is CCCCCCC(=O)N1CCC(N2CCC(C(=O)Nc3ccc(C)cc3)CC2)CC1. The molecule has 0 saturated carbocycles. The van der Waals surface area contributed by atoms with Crippen molar-refractivity contribution in [2.45, 2.75) is 77.7 Å². The van der Waals surface area contributed by atoms with Crippen LogP contribution in [0.3, 0.4) is 0 Å². The maximum atomic E-state index is 12.6. The van der Waals surface area contributed by atoms with Crippen molar-refractivity contribution in [2.24, 2.45) is 5.92 Å². The van der Waals surface area contributed by atoms with Gasteiger partial charge in [-0.05, 0) is 64.3 Å². The number of piperidine rings is 2. The van der Waals surface area contributed by atoms with E-state index in [4.69, 9.17) is 0 Å². The third kappa shape index (κ3) is 6.56. The summed E-state index contributed by atoms with van der Waals surface area (Å²) in [5.74, 6) is 0.602. The minimum atomic E-state index is 0.104. The van der Waals surface area contributed by atoms with Crippen molar-refractivity contribution in [1.29, 1.82) is 0 Å². The number of likely N-dealkylation sites (tertiary alicyclic amines) is 2. The van der Waals surface area contributed by atoms with Gasteiger partial charge in [-0.15, -0.1) is 0 Å². The summed E-state index contributed by atoms with van der Waals surface area (Å²) in [6.45, 7) is 8.01. The Bertz CT molecular complexity index is 672. The maximum absolute atomic E-state index is 12.6. The molecule has 2 saturated heterocycles. The van der Waals surface area contributed by atoms with Crippen LogP contribution in [0, 0.1) is 12.8 Å². The predicted molar refractivity (Wildman–Crippen MR) is 122 cm³/mol. The van der Waals surface area contributed by atoms with Crippen molar-refractivity contribution in [3.05, 3.63) is 29.8 Å². The molecule has 0 unspecified atom stereocenters. The Balaban J connectivity index is 1.36. The second-order valence-electron chi connectivity index (χ2n) is 9.09. The van der Waals surface area contributed by atoms with E-state index in [1.807, 2.05) is 24.3 Å². The maximum Gasteiger partial charge on any atom is 0.227 e. The smallest absolute Gasteiger partial charge is 0.227 e. The lowest BCUT2D eigenvalue weighted by molar-refractivity contribution is -0.133. The summed E-state index contributed by atoms with van der Waals surface area (Å²) in [5.41, 5.74) is 2.09. The van der Waals surface area contributed by atoms with E-state index in [0.717, 1.165) is 64.0 Å². The van der Waals surface area contributed by atoms with E-state index in [-0.39, 0.29) is 11.8 Å². The van der Waals surface area contributed by atoms with Crippen LogP contribution in [-0.2, 0) is 9.59 Å². The molecule has 0 atom stereocenters. The van der Waals surface area contributed by atoms with Gasteiger partial charge in [0.1, 0.15) is 0 Å². The summed E-state index contributed by atoms with van der Waals surface area (Å²) in [7, 11) is 0. The van der Waals surface area contributed by atoms with Gasteiger partial charge in [0.2, 0.25) is 11.8 Å². The molecular weight excluding hydrogens is 374 g/mol. The van der Waals surface area contributed by atoms with Crippen molar-refractivity contribution < 1.29 is 9.59 Å². The summed E-state index contributed by atoms with van der Waals surface area (Å²) < 4.78 is 0. The summed E-state index contributed by atoms with van der Waals surface area (Å²) in [6.07, 6.45) is 9.35. The van der Waals surface area contributed by atoms with E-state index in [1.54, 1.807) is 0 Å². The van der Waals surface area contributed by atoms with Gasteiger partial charge in [-0.3, -0.25) is 9.59 Å². The van der Waals surface area contributed by atoms with Gasteiger partial charge in [-0.1, -0.05) is 43.9 Å². The number of amides is 2. The van der Waals surface area contributed by atoms with E-state index < -0.39 is 0 Å². The number of nitrogens with one attached hydrogen (secondary N) is 1. The van der Waals surface area contributed by atoms with Gasteiger partial charge in [0.15, 0.2) is 0 Å². The molecule has 1 aromatic rings. The van der Waals surface area contributed by atoms with Crippen LogP contribution >= 0.6 is 0 Å². The molecular formula is C25H39N3O2. The Morgan fingerprint density at radius 1 is 0.933 bits per heavy atom. The lowest BCUT2D eigenvalue weighted by Crippen LogP contribution is -2.49. The molecule has 1 N–H and O–H groups in total. The zero-order valence-corrected chi connectivity index (χ0v) is 18.9. The van der Waals surface area contributed by atoms with Crippen LogP contribution in [0.15, 0.2) is 24.3 Å². The van der Waals surface area contributed by atoms with Crippen LogP contribution in [0.25, 0.3) is 0 Å². The number of carbonyl (C=O) groups is 2. The number of unbranched alkanes of at least 4 members (excludes halogenated alkanes) is 3. The zero-order chi connectivity index (χ0) is 21.3. The standard InChI is InChI=1S/C25H39N3O2/c1-3-4-5-6-7-24(29)28-18-14-23(15-19-28)27-16-12-21(13-17-27)25(30)26-22-10-8-20(2)9-11-22/h8-11,21,23H,3-7,12-19H2,1-2H3,(H,26,30). The molecule has 2 aliphatic heterocycles. The highest BCUT2D eigenvalue weighted by atomic mass is 16.2. The summed E-state index contributed by atoms with van der Waals surface area (Å²) in [6, 6.07) is 8.57. The summed E-state index contributed by atoms with van der Waals surface area (Å²) >= 11 is 0. The van der Waals surface area contributed by atoms with E-state index in [2.05, 4.69) is 29.0 Å². The lowest BCUT2D eigenvalue weighted by atomic mass is 9.92. The van der Waals surface area contributed by atoms with Crippen LogP contribution in [0.1, 0.15) is 70.3 Å². The van der Waals surface area contributed by atoms with Gasteiger partial charge in [-0.25, -0.2) is 0 Å². The lowest BCUT2D eigenvalue weighted by Gasteiger charge is -2.41. The van der Waals surface area contributed by atoms with E-state index in [1.165, 1.54) is 24.8 Å². The third-order valence-electron chi connectivity index (χ3n) is 6.80. The molecule has 5 heteroatoms.